The predicted molar refractivity (Wildman–Crippen MR) is 210 cm³/mol. The van der Waals surface area contributed by atoms with Gasteiger partial charge in [0, 0.05) is 34.5 Å². The fourth-order valence-electron chi connectivity index (χ4n) is 7.25. The molecule has 0 aliphatic heterocycles. The first kappa shape index (κ1) is 37.3. The minimum absolute atomic E-state index is 0. The topological polar surface area (TPSA) is 44.9 Å². The molecule has 7 aromatic rings. The number of pyridine rings is 1. The molecule has 0 saturated heterocycles. The minimum Gasteiger partial charge on any atom is -0.509 e. The SMILES string of the molecule is Cc1nn(-c2[c-]c(Oc3[c-]c4c(cc3)c3cc(CCCCC(C)C)ccc3n4-c3cc(CC(C)(C)C)ccn3)ccc2)c(C)c1-c1ccccc1.[Pt+2]. The van der Waals surface area contributed by atoms with Gasteiger partial charge < -0.3 is 9.30 Å². The van der Waals surface area contributed by atoms with E-state index in [4.69, 9.17) is 14.8 Å². The van der Waals surface area contributed by atoms with E-state index in [0.717, 1.165) is 69.2 Å². The van der Waals surface area contributed by atoms with Gasteiger partial charge in [-0.25, -0.2) is 4.98 Å². The molecule has 268 valence electrons. The Morgan fingerprint density at radius 2 is 1.58 bits per heavy atom. The minimum atomic E-state index is 0. The van der Waals surface area contributed by atoms with Gasteiger partial charge in [0.15, 0.2) is 0 Å². The molecule has 0 spiro atoms. The summed E-state index contributed by atoms with van der Waals surface area (Å²) in [7, 11) is 0. The number of aryl methyl sites for hydroxylation is 2. The van der Waals surface area contributed by atoms with Gasteiger partial charge in [-0.1, -0.05) is 95.4 Å². The van der Waals surface area contributed by atoms with Crippen LogP contribution in [0.5, 0.6) is 11.5 Å². The van der Waals surface area contributed by atoms with E-state index in [1.165, 1.54) is 35.8 Å². The Balaban J connectivity index is 0.00000464. The molecule has 0 bridgehead atoms. The smallest absolute Gasteiger partial charge is 0.509 e. The maximum atomic E-state index is 6.51. The maximum Gasteiger partial charge on any atom is 2.00 e. The van der Waals surface area contributed by atoms with Gasteiger partial charge in [-0.15, -0.1) is 35.7 Å². The average molecular weight is 868 g/mol. The molecule has 0 N–H and O–H groups in total. The molecule has 6 heteroatoms. The number of nitrogens with zero attached hydrogens (tertiary/aromatic N) is 4. The van der Waals surface area contributed by atoms with Gasteiger partial charge in [0.2, 0.25) is 0 Å². The van der Waals surface area contributed by atoms with Gasteiger partial charge in [-0.2, -0.15) is 17.2 Å². The molecule has 0 saturated carbocycles. The number of ether oxygens (including phenoxy) is 1. The van der Waals surface area contributed by atoms with Crippen molar-refractivity contribution in [3.63, 3.8) is 0 Å². The van der Waals surface area contributed by atoms with Crippen molar-refractivity contribution in [2.75, 3.05) is 0 Å². The van der Waals surface area contributed by atoms with Gasteiger partial charge in [0.05, 0.1) is 5.69 Å². The monoisotopic (exact) mass is 867 g/mol. The van der Waals surface area contributed by atoms with Gasteiger partial charge >= 0.3 is 21.1 Å². The summed E-state index contributed by atoms with van der Waals surface area (Å²) in [5.74, 6) is 2.86. The van der Waals surface area contributed by atoms with Crippen LogP contribution < -0.4 is 4.74 Å². The number of rotatable bonds is 11. The number of aromatic nitrogens is 4. The third-order valence-electron chi connectivity index (χ3n) is 9.54. The van der Waals surface area contributed by atoms with Crippen LogP contribution in [0.3, 0.4) is 0 Å². The fourth-order valence-corrected chi connectivity index (χ4v) is 7.25. The number of hydrogen-bond donors (Lipinski definition) is 0. The van der Waals surface area contributed by atoms with Crippen molar-refractivity contribution in [2.45, 2.75) is 80.6 Å². The van der Waals surface area contributed by atoms with Crippen molar-refractivity contribution in [1.82, 2.24) is 19.3 Å². The first-order valence-electron chi connectivity index (χ1n) is 18.3. The Hall–Kier alpha value is -4.47. The van der Waals surface area contributed by atoms with E-state index in [9.17, 15) is 0 Å². The zero-order valence-corrected chi connectivity index (χ0v) is 33.6. The van der Waals surface area contributed by atoms with Crippen molar-refractivity contribution in [1.29, 1.82) is 0 Å². The van der Waals surface area contributed by atoms with E-state index < -0.39 is 0 Å². The Morgan fingerprint density at radius 3 is 2.35 bits per heavy atom. The second-order valence-corrected chi connectivity index (χ2v) is 15.5. The molecule has 52 heavy (non-hydrogen) atoms. The summed E-state index contributed by atoms with van der Waals surface area (Å²) < 4.78 is 10.7. The molecule has 3 aromatic heterocycles. The molecule has 5 nitrogen and oxygen atoms in total. The van der Waals surface area contributed by atoms with Crippen LogP contribution in [0.2, 0.25) is 0 Å². The zero-order chi connectivity index (χ0) is 35.7. The molecule has 7 rings (SSSR count). The van der Waals surface area contributed by atoms with Crippen LogP contribution >= 0.6 is 0 Å². The Kier molecular flexibility index (Phi) is 11.2. The molecule has 0 aliphatic carbocycles. The average Bonchev–Trinajstić information content (AvgIpc) is 3.58. The summed E-state index contributed by atoms with van der Waals surface area (Å²) in [6, 6.07) is 38.9. The summed E-state index contributed by atoms with van der Waals surface area (Å²) in [4.78, 5) is 4.90. The summed E-state index contributed by atoms with van der Waals surface area (Å²) in [6.45, 7) is 15.6. The van der Waals surface area contributed by atoms with Crippen LogP contribution in [0.4, 0.5) is 0 Å². The van der Waals surface area contributed by atoms with Gasteiger partial charge in [0.1, 0.15) is 5.82 Å². The second-order valence-electron chi connectivity index (χ2n) is 15.5. The number of benzene rings is 4. The predicted octanol–water partition coefficient (Wildman–Crippen LogP) is 12.0. The number of hydrogen-bond acceptors (Lipinski definition) is 3. The van der Waals surface area contributed by atoms with Crippen molar-refractivity contribution >= 4 is 21.8 Å². The van der Waals surface area contributed by atoms with E-state index in [0.29, 0.717) is 11.5 Å². The molecule has 0 amide bonds. The largest absolute Gasteiger partial charge is 2.00 e. The van der Waals surface area contributed by atoms with Gasteiger partial charge in [-0.05, 0) is 90.4 Å². The zero-order valence-electron chi connectivity index (χ0n) is 31.4. The van der Waals surface area contributed by atoms with Crippen LogP contribution in [0.15, 0.2) is 97.2 Å². The van der Waals surface area contributed by atoms with E-state index in [-0.39, 0.29) is 26.5 Å². The van der Waals surface area contributed by atoms with Crippen LogP contribution in [-0.4, -0.2) is 19.3 Å². The van der Waals surface area contributed by atoms with E-state index in [1.54, 1.807) is 0 Å². The molecular weight excluding hydrogens is 820 g/mol. The van der Waals surface area contributed by atoms with E-state index in [1.807, 2.05) is 41.2 Å². The Labute approximate surface area is 323 Å². The summed E-state index contributed by atoms with van der Waals surface area (Å²) in [5.41, 5.74) is 10.0. The van der Waals surface area contributed by atoms with Crippen LogP contribution in [0.25, 0.3) is 44.4 Å². The molecule has 0 fully saturated rings. The van der Waals surface area contributed by atoms with Crippen LogP contribution in [0.1, 0.15) is 76.4 Å². The normalized spacial score (nSPS) is 11.8. The van der Waals surface area contributed by atoms with Gasteiger partial charge in [-0.3, -0.25) is 4.68 Å². The first-order chi connectivity index (χ1) is 24.5. The Bertz CT molecular complexity index is 2310. The van der Waals surface area contributed by atoms with Crippen LogP contribution in [-0.2, 0) is 33.9 Å². The molecule has 4 aromatic carbocycles. The van der Waals surface area contributed by atoms with Crippen LogP contribution in [0, 0.1) is 37.3 Å². The third kappa shape index (κ3) is 8.11. The molecular formula is C46H48N4OPt. The summed E-state index contributed by atoms with van der Waals surface area (Å²) >= 11 is 0. The van der Waals surface area contributed by atoms with Gasteiger partial charge in [0.25, 0.3) is 0 Å². The fraction of sp³-hybridized carbons (Fsp3) is 0.304. The standard InChI is InChI=1S/C46H48N4O.Pt/c1-31(2)14-11-12-15-34-20-23-42-41(26-34)40-22-21-39(29-43(40)49(42)44-27-35(24-25-47-44)30-46(5,6)7)51-38-19-13-18-37(28-38)50-33(4)45(32(3)48-50)36-16-9-8-10-17-36;/h8-10,13,16-27,31H,11-12,14-15,30H2,1-7H3;/q-2;+2. The van der Waals surface area contributed by atoms with E-state index >= 15 is 0 Å². The number of unbranched alkanes of at least 4 members (excludes halogenated alkanes) is 1. The van der Waals surface area contributed by atoms with Crippen molar-refractivity contribution in [2.24, 2.45) is 11.3 Å². The van der Waals surface area contributed by atoms with Crippen molar-refractivity contribution < 1.29 is 25.8 Å². The van der Waals surface area contributed by atoms with Crippen molar-refractivity contribution in [3.8, 4) is 34.1 Å². The first-order valence-corrected chi connectivity index (χ1v) is 18.3. The maximum absolute atomic E-state index is 6.51. The molecule has 0 unspecified atom stereocenters. The van der Waals surface area contributed by atoms with Crippen molar-refractivity contribution in [3.05, 3.63) is 132 Å². The number of fused-ring (bicyclic) bond motifs is 3. The summed E-state index contributed by atoms with van der Waals surface area (Å²) in [5, 5.41) is 7.24. The summed E-state index contributed by atoms with van der Waals surface area (Å²) in [6.07, 6.45) is 7.69. The quantitative estimate of drug-likeness (QED) is 0.0961. The molecule has 3 heterocycles. The van der Waals surface area contributed by atoms with E-state index in [2.05, 4.69) is 126 Å². The third-order valence-corrected chi connectivity index (χ3v) is 9.54. The molecule has 0 atom stereocenters. The Morgan fingerprint density at radius 1 is 0.788 bits per heavy atom. The molecule has 0 radical (unpaired) electrons. The second kappa shape index (κ2) is 15.6. The molecule has 0 aliphatic rings.